The van der Waals surface area contributed by atoms with Gasteiger partial charge in [-0.15, -0.1) is 0 Å². The van der Waals surface area contributed by atoms with E-state index in [0.29, 0.717) is 26.2 Å². The molecule has 1 saturated heterocycles. The Bertz CT molecular complexity index is 453. The van der Waals surface area contributed by atoms with E-state index < -0.39 is 6.10 Å². The van der Waals surface area contributed by atoms with Gasteiger partial charge in [-0.25, -0.2) is 0 Å². The van der Waals surface area contributed by atoms with Crippen LogP contribution in [0, 0.1) is 11.3 Å². The van der Waals surface area contributed by atoms with Gasteiger partial charge in [0, 0.05) is 45.7 Å². The molecular weight excluding hydrogens is 278 g/mol. The van der Waals surface area contributed by atoms with Crippen LogP contribution in [0.5, 0.6) is 0 Å². The lowest BCUT2D eigenvalue weighted by molar-refractivity contribution is 0.00157. The van der Waals surface area contributed by atoms with E-state index in [1.165, 1.54) is 0 Å². The minimum atomic E-state index is -0.450. The molecule has 120 valence electrons. The zero-order valence-electron chi connectivity index (χ0n) is 13.0. The number of aliphatic hydroxyl groups is 1. The third-order valence-electron chi connectivity index (χ3n) is 3.90. The Labute approximate surface area is 132 Å². The number of hydrogen-bond acceptors (Lipinski definition) is 5. The van der Waals surface area contributed by atoms with Crippen molar-refractivity contribution in [1.82, 2.24) is 9.80 Å². The van der Waals surface area contributed by atoms with Crippen LogP contribution < -0.4 is 0 Å². The summed E-state index contributed by atoms with van der Waals surface area (Å²) in [5.41, 5.74) is 1.13. The van der Waals surface area contributed by atoms with E-state index in [-0.39, 0.29) is 0 Å². The fourth-order valence-corrected chi connectivity index (χ4v) is 2.64. The first-order valence-corrected chi connectivity index (χ1v) is 7.89. The molecule has 0 saturated carbocycles. The molecule has 1 fully saturated rings. The summed E-state index contributed by atoms with van der Waals surface area (Å²) in [4.78, 5) is 4.57. The highest BCUT2D eigenvalue weighted by molar-refractivity contribution is 5.13. The van der Waals surface area contributed by atoms with Crippen molar-refractivity contribution in [2.45, 2.75) is 19.1 Å². The molecular formula is C17H25N3O2. The van der Waals surface area contributed by atoms with Crippen LogP contribution in [0.2, 0.25) is 0 Å². The van der Waals surface area contributed by atoms with Gasteiger partial charge in [0.2, 0.25) is 0 Å². The molecule has 1 N–H and O–H groups in total. The molecule has 22 heavy (non-hydrogen) atoms. The quantitative estimate of drug-likeness (QED) is 0.779. The predicted octanol–water partition coefficient (Wildman–Crippen LogP) is 1.10. The number of nitrogens with zero attached hydrogens (tertiary/aromatic N) is 3. The predicted molar refractivity (Wildman–Crippen MR) is 85.2 cm³/mol. The van der Waals surface area contributed by atoms with Gasteiger partial charge >= 0.3 is 0 Å². The Morgan fingerprint density at radius 2 is 1.82 bits per heavy atom. The zero-order valence-corrected chi connectivity index (χ0v) is 13.0. The molecule has 1 aromatic carbocycles. The van der Waals surface area contributed by atoms with Crippen molar-refractivity contribution in [3.8, 4) is 6.07 Å². The number of ether oxygens (including phenoxy) is 1. The molecule has 1 heterocycles. The van der Waals surface area contributed by atoms with Gasteiger partial charge in [-0.3, -0.25) is 9.80 Å². The van der Waals surface area contributed by atoms with Gasteiger partial charge < -0.3 is 9.84 Å². The molecule has 0 aromatic heterocycles. The topological polar surface area (TPSA) is 59.7 Å². The van der Waals surface area contributed by atoms with Crippen molar-refractivity contribution in [2.75, 3.05) is 45.9 Å². The lowest BCUT2D eigenvalue weighted by atomic mass is 10.2. The molecule has 2 rings (SSSR count). The molecule has 1 aromatic rings. The van der Waals surface area contributed by atoms with E-state index in [1.807, 2.05) is 30.3 Å². The number of β-amino-alcohol motifs (C(OH)–C–C–N with tert-alkyl or cyclic N) is 1. The second kappa shape index (κ2) is 9.54. The van der Waals surface area contributed by atoms with Crippen LogP contribution in [0.1, 0.15) is 12.0 Å². The Morgan fingerprint density at radius 3 is 2.50 bits per heavy atom. The fraction of sp³-hybridized carbons (Fsp3) is 0.588. The van der Waals surface area contributed by atoms with Crippen molar-refractivity contribution in [3.63, 3.8) is 0 Å². The van der Waals surface area contributed by atoms with Crippen LogP contribution in [0.25, 0.3) is 0 Å². The van der Waals surface area contributed by atoms with Crippen LogP contribution >= 0.6 is 0 Å². The van der Waals surface area contributed by atoms with E-state index in [2.05, 4.69) is 15.9 Å². The third kappa shape index (κ3) is 6.12. The second-order valence-corrected chi connectivity index (χ2v) is 5.70. The molecule has 0 amide bonds. The molecule has 0 aliphatic carbocycles. The Kier molecular flexibility index (Phi) is 7.34. The molecule has 5 nitrogen and oxygen atoms in total. The average Bonchev–Trinajstić information content (AvgIpc) is 2.55. The highest BCUT2D eigenvalue weighted by atomic mass is 16.5. The highest BCUT2D eigenvalue weighted by Gasteiger charge is 2.18. The first-order valence-electron chi connectivity index (χ1n) is 7.89. The highest BCUT2D eigenvalue weighted by Crippen LogP contribution is 2.05. The fourth-order valence-electron chi connectivity index (χ4n) is 2.64. The van der Waals surface area contributed by atoms with Gasteiger partial charge in [0.15, 0.2) is 0 Å². The SMILES string of the molecule is N#CCCN1CCN(CC(O)COCc2ccccc2)CC1. The Hall–Kier alpha value is -1.45. The summed E-state index contributed by atoms with van der Waals surface area (Å²) in [6.45, 7) is 6.25. The molecule has 1 aliphatic rings. The Morgan fingerprint density at radius 1 is 1.14 bits per heavy atom. The summed E-state index contributed by atoms with van der Waals surface area (Å²) in [6.07, 6.45) is 0.144. The molecule has 0 spiro atoms. The Balaban J connectivity index is 1.58. The molecule has 0 radical (unpaired) electrons. The smallest absolute Gasteiger partial charge is 0.0900 e. The summed E-state index contributed by atoms with van der Waals surface area (Å²) in [5, 5.41) is 18.7. The van der Waals surface area contributed by atoms with Gasteiger partial charge in [-0.1, -0.05) is 30.3 Å². The monoisotopic (exact) mass is 303 g/mol. The normalized spacial score (nSPS) is 18.0. The number of piperazine rings is 1. The van der Waals surface area contributed by atoms with Crippen molar-refractivity contribution in [2.24, 2.45) is 0 Å². The maximum atomic E-state index is 10.1. The first kappa shape index (κ1) is 16.9. The van der Waals surface area contributed by atoms with Crippen LogP contribution in [-0.2, 0) is 11.3 Å². The third-order valence-corrected chi connectivity index (χ3v) is 3.90. The number of nitriles is 1. The van der Waals surface area contributed by atoms with Crippen LogP contribution in [0.4, 0.5) is 0 Å². The second-order valence-electron chi connectivity index (χ2n) is 5.70. The minimum absolute atomic E-state index is 0.365. The summed E-state index contributed by atoms with van der Waals surface area (Å²) in [5.74, 6) is 0. The molecule has 1 atom stereocenters. The van der Waals surface area contributed by atoms with E-state index >= 15 is 0 Å². The van der Waals surface area contributed by atoms with Crippen LogP contribution in [0.15, 0.2) is 30.3 Å². The first-order chi connectivity index (χ1) is 10.8. The zero-order chi connectivity index (χ0) is 15.6. The summed E-state index contributed by atoms with van der Waals surface area (Å²) in [6, 6.07) is 12.2. The standard InChI is InChI=1S/C17H25N3O2/c18-7-4-8-19-9-11-20(12-10-19)13-17(21)15-22-14-16-5-2-1-3-6-16/h1-3,5-6,17,21H,4,8-15H2. The molecule has 0 bridgehead atoms. The molecule has 1 unspecified atom stereocenters. The van der Waals surface area contributed by atoms with Gasteiger partial charge in [0.25, 0.3) is 0 Å². The van der Waals surface area contributed by atoms with Crippen molar-refractivity contribution >= 4 is 0 Å². The summed E-state index contributed by atoms with van der Waals surface area (Å²) >= 11 is 0. The van der Waals surface area contributed by atoms with Gasteiger partial charge in [0.05, 0.1) is 25.4 Å². The van der Waals surface area contributed by atoms with E-state index in [4.69, 9.17) is 10.00 Å². The van der Waals surface area contributed by atoms with E-state index in [1.54, 1.807) is 0 Å². The van der Waals surface area contributed by atoms with Crippen LogP contribution in [0.3, 0.4) is 0 Å². The van der Waals surface area contributed by atoms with Crippen molar-refractivity contribution in [1.29, 1.82) is 5.26 Å². The van der Waals surface area contributed by atoms with Crippen LogP contribution in [-0.4, -0.2) is 66.9 Å². The molecule has 1 aliphatic heterocycles. The van der Waals surface area contributed by atoms with E-state index in [0.717, 1.165) is 38.3 Å². The molecule has 5 heteroatoms. The van der Waals surface area contributed by atoms with E-state index in [9.17, 15) is 5.11 Å². The number of rotatable bonds is 8. The average molecular weight is 303 g/mol. The van der Waals surface area contributed by atoms with Crippen molar-refractivity contribution in [3.05, 3.63) is 35.9 Å². The van der Waals surface area contributed by atoms with Gasteiger partial charge in [0.1, 0.15) is 0 Å². The maximum Gasteiger partial charge on any atom is 0.0900 e. The number of benzene rings is 1. The summed E-state index contributed by atoms with van der Waals surface area (Å²) < 4.78 is 5.57. The number of hydrogen-bond donors (Lipinski definition) is 1. The minimum Gasteiger partial charge on any atom is -0.389 e. The largest absolute Gasteiger partial charge is 0.389 e. The van der Waals surface area contributed by atoms with Gasteiger partial charge in [-0.05, 0) is 5.56 Å². The van der Waals surface area contributed by atoms with Crippen molar-refractivity contribution < 1.29 is 9.84 Å². The summed E-state index contributed by atoms with van der Waals surface area (Å²) in [7, 11) is 0. The van der Waals surface area contributed by atoms with Gasteiger partial charge in [-0.2, -0.15) is 5.26 Å². The number of aliphatic hydroxyl groups excluding tert-OH is 1. The lowest BCUT2D eigenvalue weighted by Crippen LogP contribution is -2.49. The lowest BCUT2D eigenvalue weighted by Gasteiger charge is -2.35. The maximum absolute atomic E-state index is 10.1.